The van der Waals surface area contributed by atoms with E-state index < -0.39 is 0 Å². The van der Waals surface area contributed by atoms with Gasteiger partial charge in [0.25, 0.3) is 5.91 Å². The van der Waals surface area contributed by atoms with Crippen LogP contribution in [0.3, 0.4) is 0 Å². The van der Waals surface area contributed by atoms with Crippen LogP contribution in [-0.2, 0) is 0 Å². The largest absolute Gasteiger partial charge is 0.339 e. The number of pyridine rings is 1. The van der Waals surface area contributed by atoms with Crippen LogP contribution in [0.15, 0.2) is 18.3 Å². The average molecular weight is 253 g/mol. The molecular formula is C13H17ClN2O. The third-order valence-corrected chi connectivity index (χ3v) is 3.43. The van der Waals surface area contributed by atoms with E-state index in [-0.39, 0.29) is 5.91 Å². The zero-order valence-corrected chi connectivity index (χ0v) is 10.6. The Kier molecular flexibility index (Phi) is 4.37. The summed E-state index contributed by atoms with van der Waals surface area (Å²) in [5.41, 5.74) is 0.523. The number of hydrogen-bond acceptors (Lipinski definition) is 2. The molecule has 0 unspecified atom stereocenters. The van der Waals surface area contributed by atoms with Crippen LogP contribution in [0.25, 0.3) is 0 Å². The molecule has 1 aromatic rings. The van der Waals surface area contributed by atoms with Crippen LogP contribution >= 0.6 is 11.6 Å². The van der Waals surface area contributed by atoms with Crippen LogP contribution < -0.4 is 0 Å². The molecule has 1 aromatic heterocycles. The number of carbonyl (C=O) groups is 1. The van der Waals surface area contributed by atoms with Gasteiger partial charge in [0.2, 0.25) is 0 Å². The first kappa shape index (κ1) is 12.4. The van der Waals surface area contributed by atoms with Gasteiger partial charge in [-0.3, -0.25) is 4.79 Å². The van der Waals surface area contributed by atoms with Crippen molar-refractivity contribution in [3.05, 3.63) is 29.0 Å². The van der Waals surface area contributed by atoms with Gasteiger partial charge in [-0.25, -0.2) is 4.98 Å². The lowest BCUT2D eigenvalue weighted by Crippen LogP contribution is -2.34. The fourth-order valence-electron chi connectivity index (χ4n) is 2.17. The summed E-state index contributed by atoms with van der Waals surface area (Å²) in [5, 5.41) is 0.305. The van der Waals surface area contributed by atoms with Gasteiger partial charge in [-0.2, -0.15) is 0 Å². The van der Waals surface area contributed by atoms with Gasteiger partial charge in [-0.1, -0.05) is 30.9 Å². The first-order valence-electron chi connectivity index (χ1n) is 6.19. The predicted octanol–water partition coefficient (Wildman–Crippen LogP) is 3.14. The second kappa shape index (κ2) is 6.01. The third-order valence-electron chi connectivity index (χ3n) is 3.13. The maximum absolute atomic E-state index is 12.3. The van der Waals surface area contributed by atoms with Crippen molar-refractivity contribution in [2.75, 3.05) is 13.1 Å². The number of halogens is 1. The van der Waals surface area contributed by atoms with Gasteiger partial charge in [0.15, 0.2) is 0 Å². The summed E-state index contributed by atoms with van der Waals surface area (Å²) in [4.78, 5) is 18.1. The highest BCUT2D eigenvalue weighted by molar-refractivity contribution is 6.32. The molecule has 0 saturated carbocycles. The Hall–Kier alpha value is -1.09. The summed E-state index contributed by atoms with van der Waals surface area (Å²) in [5.74, 6) is 0.0185. The summed E-state index contributed by atoms with van der Waals surface area (Å²) in [6, 6.07) is 3.50. The van der Waals surface area contributed by atoms with E-state index in [1.54, 1.807) is 18.3 Å². The van der Waals surface area contributed by atoms with Crippen molar-refractivity contribution < 1.29 is 4.79 Å². The first-order chi connectivity index (χ1) is 8.29. The third kappa shape index (κ3) is 3.19. The van der Waals surface area contributed by atoms with E-state index in [0.29, 0.717) is 10.7 Å². The summed E-state index contributed by atoms with van der Waals surface area (Å²) >= 11 is 5.95. The van der Waals surface area contributed by atoms with Crippen molar-refractivity contribution in [2.24, 2.45) is 0 Å². The highest BCUT2D eigenvalue weighted by Gasteiger charge is 2.19. The van der Waals surface area contributed by atoms with Gasteiger partial charge in [0, 0.05) is 19.3 Å². The molecule has 3 nitrogen and oxygen atoms in total. The predicted molar refractivity (Wildman–Crippen MR) is 68.2 cm³/mol. The second-order valence-electron chi connectivity index (χ2n) is 4.40. The van der Waals surface area contributed by atoms with E-state index >= 15 is 0 Å². The molecule has 17 heavy (non-hydrogen) atoms. The van der Waals surface area contributed by atoms with Crippen LogP contribution in [0.2, 0.25) is 5.15 Å². The Morgan fingerprint density at radius 2 is 1.82 bits per heavy atom. The molecular weight excluding hydrogens is 236 g/mol. The van der Waals surface area contributed by atoms with Crippen molar-refractivity contribution >= 4 is 17.5 Å². The fraction of sp³-hybridized carbons (Fsp3) is 0.538. The number of aromatic nitrogens is 1. The number of carbonyl (C=O) groups excluding carboxylic acids is 1. The second-order valence-corrected chi connectivity index (χ2v) is 4.76. The number of likely N-dealkylation sites (tertiary alicyclic amines) is 1. The van der Waals surface area contributed by atoms with Crippen LogP contribution in [0.4, 0.5) is 0 Å². The van der Waals surface area contributed by atoms with E-state index in [1.807, 2.05) is 4.90 Å². The van der Waals surface area contributed by atoms with Gasteiger partial charge in [0.1, 0.15) is 5.15 Å². The van der Waals surface area contributed by atoms with E-state index in [1.165, 1.54) is 19.3 Å². The normalized spacial score (nSPS) is 17.4. The van der Waals surface area contributed by atoms with Crippen molar-refractivity contribution in [2.45, 2.75) is 32.1 Å². The quantitative estimate of drug-likeness (QED) is 0.720. The zero-order valence-electron chi connectivity index (χ0n) is 9.86. The Bertz CT molecular complexity index is 387. The molecule has 0 atom stereocenters. The van der Waals surface area contributed by atoms with Crippen molar-refractivity contribution in [1.29, 1.82) is 0 Å². The standard InChI is InChI=1S/C13H17ClN2O/c14-12-11(7-6-8-15-12)13(17)16-9-4-2-1-3-5-10-16/h6-8H,1-5,9-10H2. The van der Waals surface area contributed by atoms with Crippen molar-refractivity contribution in [3.63, 3.8) is 0 Å². The van der Waals surface area contributed by atoms with Crippen molar-refractivity contribution in [1.82, 2.24) is 9.88 Å². The highest BCUT2D eigenvalue weighted by Crippen LogP contribution is 2.17. The maximum Gasteiger partial charge on any atom is 0.256 e. The molecule has 1 fully saturated rings. The topological polar surface area (TPSA) is 33.2 Å². The molecule has 2 rings (SSSR count). The van der Waals surface area contributed by atoms with Gasteiger partial charge in [-0.15, -0.1) is 0 Å². The fourth-order valence-corrected chi connectivity index (χ4v) is 2.37. The highest BCUT2D eigenvalue weighted by atomic mass is 35.5. The van der Waals surface area contributed by atoms with Gasteiger partial charge < -0.3 is 4.90 Å². The maximum atomic E-state index is 12.3. The molecule has 0 aliphatic carbocycles. The van der Waals surface area contributed by atoms with Gasteiger partial charge >= 0.3 is 0 Å². The minimum absolute atomic E-state index is 0.0185. The molecule has 92 valence electrons. The molecule has 0 bridgehead atoms. The monoisotopic (exact) mass is 252 g/mol. The summed E-state index contributed by atoms with van der Waals surface area (Å²) < 4.78 is 0. The van der Waals surface area contributed by atoms with Crippen LogP contribution in [0.5, 0.6) is 0 Å². The summed E-state index contributed by atoms with van der Waals surface area (Å²) in [6.07, 6.45) is 7.49. The molecule has 0 radical (unpaired) electrons. The number of nitrogens with zero attached hydrogens (tertiary/aromatic N) is 2. The molecule has 4 heteroatoms. The zero-order chi connectivity index (χ0) is 12.1. The number of rotatable bonds is 1. The lowest BCUT2D eigenvalue weighted by Gasteiger charge is -2.25. The molecule has 1 aliphatic rings. The minimum Gasteiger partial charge on any atom is -0.339 e. The van der Waals surface area contributed by atoms with Crippen LogP contribution in [0, 0.1) is 0 Å². The summed E-state index contributed by atoms with van der Waals surface area (Å²) in [6.45, 7) is 1.67. The molecule has 1 amide bonds. The lowest BCUT2D eigenvalue weighted by atomic mass is 10.1. The smallest absolute Gasteiger partial charge is 0.256 e. The van der Waals surface area contributed by atoms with Crippen molar-refractivity contribution in [3.8, 4) is 0 Å². The lowest BCUT2D eigenvalue weighted by molar-refractivity contribution is 0.0742. The van der Waals surface area contributed by atoms with E-state index in [2.05, 4.69) is 4.98 Å². The van der Waals surface area contributed by atoms with E-state index in [0.717, 1.165) is 25.9 Å². The summed E-state index contributed by atoms with van der Waals surface area (Å²) in [7, 11) is 0. The molecule has 1 saturated heterocycles. The van der Waals surface area contributed by atoms with Gasteiger partial charge in [0.05, 0.1) is 5.56 Å². The van der Waals surface area contributed by atoms with Crippen LogP contribution in [-0.4, -0.2) is 28.9 Å². The first-order valence-corrected chi connectivity index (χ1v) is 6.56. The average Bonchev–Trinajstić information content (AvgIpc) is 2.28. The minimum atomic E-state index is 0.0185. The Labute approximate surface area is 107 Å². The van der Waals surface area contributed by atoms with Crippen LogP contribution in [0.1, 0.15) is 42.5 Å². The van der Waals surface area contributed by atoms with Gasteiger partial charge in [-0.05, 0) is 25.0 Å². The van der Waals surface area contributed by atoms with E-state index in [9.17, 15) is 4.79 Å². The number of amides is 1. The Balaban J connectivity index is 2.10. The molecule has 2 heterocycles. The molecule has 0 spiro atoms. The Morgan fingerprint density at radius 1 is 1.18 bits per heavy atom. The molecule has 0 aromatic carbocycles. The molecule has 1 aliphatic heterocycles. The van der Waals surface area contributed by atoms with E-state index in [4.69, 9.17) is 11.6 Å². The SMILES string of the molecule is O=C(c1cccnc1Cl)N1CCCCCCC1. The molecule has 0 N–H and O–H groups in total. The number of hydrogen-bond donors (Lipinski definition) is 0. The Morgan fingerprint density at radius 3 is 2.47 bits per heavy atom.